The number of halogens is 1. The van der Waals surface area contributed by atoms with Crippen LogP contribution in [0.25, 0.3) is 0 Å². The van der Waals surface area contributed by atoms with Crippen LogP contribution in [0.3, 0.4) is 0 Å². The van der Waals surface area contributed by atoms with Gasteiger partial charge >= 0.3 is 6.09 Å². The highest BCUT2D eigenvalue weighted by Gasteiger charge is 2.28. The predicted octanol–water partition coefficient (Wildman–Crippen LogP) is 3.42. The van der Waals surface area contributed by atoms with Gasteiger partial charge in [0.05, 0.1) is 17.8 Å². The minimum atomic E-state index is -0.393. The standard InChI is InChI=1S/C16H20BrN3O2/c1-16(2,3)19-15(21)22-13-6-7-20(10-13)14-5-4-12(17)8-11(14)9-18/h4-5,8,13H,6-7,10H2,1-3H3,(H,19,21)/t13-/m0/s1. The summed E-state index contributed by atoms with van der Waals surface area (Å²) >= 11 is 3.37. The molecular formula is C16H20BrN3O2. The van der Waals surface area contributed by atoms with Crippen molar-refractivity contribution in [1.29, 1.82) is 5.26 Å². The van der Waals surface area contributed by atoms with E-state index < -0.39 is 6.09 Å². The molecule has 1 aliphatic heterocycles. The molecule has 1 saturated heterocycles. The van der Waals surface area contributed by atoms with Crippen LogP contribution < -0.4 is 10.2 Å². The number of hydrogen-bond donors (Lipinski definition) is 1. The third-order valence-corrected chi connectivity index (χ3v) is 3.81. The molecule has 2 rings (SSSR count). The molecular weight excluding hydrogens is 346 g/mol. The summed E-state index contributed by atoms with van der Waals surface area (Å²) in [5.41, 5.74) is 1.19. The Hall–Kier alpha value is -1.74. The van der Waals surface area contributed by atoms with Gasteiger partial charge in [-0.2, -0.15) is 5.26 Å². The van der Waals surface area contributed by atoms with Crippen molar-refractivity contribution in [1.82, 2.24) is 5.32 Å². The van der Waals surface area contributed by atoms with Crippen LogP contribution in [-0.4, -0.2) is 30.8 Å². The van der Waals surface area contributed by atoms with Gasteiger partial charge in [-0.25, -0.2) is 4.79 Å². The summed E-state index contributed by atoms with van der Waals surface area (Å²) in [4.78, 5) is 13.9. The summed E-state index contributed by atoms with van der Waals surface area (Å²) < 4.78 is 6.33. The summed E-state index contributed by atoms with van der Waals surface area (Å²) in [6, 6.07) is 7.84. The second-order valence-electron chi connectivity index (χ2n) is 6.41. The van der Waals surface area contributed by atoms with Crippen LogP contribution in [0.5, 0.6) is 0 Å². The van der Waals surface area contributed by atoms with E-state index in [-0.39, 0.29) is 11.6 Å². The lowest BCUT2D eigenvalue weighted by Gasteiger charge is -2.23. The number of nitrogens with zero attached hydrogens (tertiary/aromatic N) is 2. The van der Waals surface area contributed by atoms with Gasteiger partial charge in [0.2, 0.25) is 0 Å². The molecule has 1 atom stereocenters. The van der Waals surface area contributed by atoms with Gasteiger partial charge < -0.3 is 15.0 Å². The SMILES string of the molecule is CC(C)(C)NC(=O)O[C@H]1CCN(c2ccc(Br)cc2C#N)C1. The van der Waals surface area contributed by atoms with Crippen LogP contribution in [0.15, 0.2) is 22.7 Å². The monoisotopic (exact) mass is 365 g/mol. The topological polar surface area (TPSA) is 65.4 Å². The zero-order valence-corrected chi connectivity index (χ0v) is 14.6. The number of amides is 1. The zero-order chi connectivity index (χ0) is 16.3. The second-order valence-corrected chi connectivity index (χ2v) is 7.33. The van der Waals surface area contributed by atoms with Crippen LogP contribution in [-0.2, 0) is 4.74 Å². The highest BCUT2D eigenvalue weighted by molar-refractivity contribution is 9.10. The molecule has 0 saturated carbocycles. The smallest absolute Gasteiger partial charge is 0.407 e. The fraction of sp³-hybridized carbons (Fsp3) is 0.500. The molecule has 1 aromatic rings. The first-order chi connectivity index (χ1) is 10.3. The number of nitrogens with one attached hydrogen (secondary N) is 1. The maximum absolute atomic E-state index is 11.8. The molecule has 1 heterocycles. The fourth-order valence-electron chi connectivity index (χ4n) is 2.40. The number of ether oxygens (including phenoxy) is 1. The number of carbonyl (C=O) groups is 1. The lowest BCUT2D eigenvalue weighted by atomic mass is 10.1. The fourth-order valence-corrected chi connectivity index (χ4v) is 2.76. The largest absolute Gasteiger partial charge is 0.444 e. The van der Waals surface area contributed by atoms with Crippen molar-refractivity contribution < 1.29 is 9.53 Å². The highest BCUT2D eigenvalue weighted by Crippen LogP contribution is 2.28. The zero-order valence-electron chi connectivity index (χ0n) is 13.0. The van der Waals surface area contributed by atoms with E-state index in [0.29, 0.717) is 12.1 Å². The third kappa shape index (κ3) is 4.38. The molecule has 0 aliphatic carbocycles. The Bertz CT molecular complexity index is 604. The van der Waals surface area contributed by atoms with Gasteiger partial charge in [0.15, 0.2) is 0 Å². The van der Waals surface area contributed by atoms with Crippen molar-refractivity contribution in [2.75, 3.05) is 18.0 Å². The van der Waals surface area contributed by atoms with Gasteiger partial charge in [-0.3, -0.25) is 0 Å². The second kappa shape index (κ2) is 6.57. The number of benzene rings is 1. The molecule has 1 aliphatic rings. The van der Waals surface area contributed by atoms with Crippen molar-refractivity contribution in [2.24, 2.45) is 0 Å². The van der Waals surface area contributed by atoms with Crippen molar-refractivity contribution in [3.05, 3.63) is 28.2 Å². The number of anilines is 1. The molecule has 22 heavy (non-hydrogen) atoms. The Kier molecular flexibility index (Phi) is 4.97. The van der Waals surface area contributed by atoms with E-state index in [1.807, 2.05) is 32.9 Å². The van der Waals surface area contributed by atoms with Gasteiger partial charge in [0, 0.05) is 23.0 Å². The van der Waals surface area contributed by atoms with Crippen LogP contribution in [0.1, 0.15) is 32.8 Å². The molecule has 1 N–H and O–H groups in total. The quantitative estimate of drug-likeness (QED) is 0.871. The number of rotatable bonds is 2. The van der Waals surface area contributed by atoms with Gasteiger partial charge in [-0.15, -0.1) is 0 Å². The molecule has 6 heteroatoms. The first-order valence-corrected chi connectivity index (χ1v) is 8.01. The Labute approximate surface area is 139 Å². The normalized spacial score (nSPS) is 18.0. The van der Waals surface area contributed by atoms with E-state index in [0.717, 1.165) is 23.1 Å². The first-order valence-electron chi connectivity index (χ1n) is 7.22. The molecule has 0 spiro atoms. The van der Waals surface area contributed by atoms with Crippen LogP contribution in [0, 0.1) is 11.3 Å². The molecule has 0 aromatic heterocycles. The molecule has 0 bridgehead atoms. The average Bonchev–Trinajstić information content (AvgIpc) is 2.84. The molecule has 5 nitrogen and oxygen atoms in total. The van der Waals surface area contributed by atoms with E-state index in [1.54, 1.807) is 6.07 Å². The maximum atomic E-state index is 11.8. The van der Waals surface area contributed by atoms with Gasteiger partial charge in [-0.1, -0.05) is 15.9 Å². The lowest BCUT2D eigenvalue weighted by molar-refractivity contribution is 0.101. The Morgan fingerprint density at radius 3 is 2.86 bits per heavy atom. The summed E-state index contributed by atoms with van der Waals surface area (Å²) in [5, 5.41) is 12.0. The van der Waals surface area contributed by atoms with E-state index in [4.69, 9.17) is 4.74 Å². The molecule has 0 unspecified atom stereocenters. The Morgan fingerprint density at radius 1 is 1.50 bits per heavy atom. The third-order valence-electron chi connectivity index (χ3n) is 3.32. The Balaban J connectivity index is 1.99. The summed E-state index contributed by atoms with van der Waals surface area (Å²) in [6.07, 6.45) is 0.214. The minimum Gasteiger partial charge on any atom is -0.444 e. The molecule has 118 valence electrons. The lowest BCUT2D eigenvalue weighted by Crippen LogP contribution is -2.42. The number of carbonyl (C=O) groups excluding carboxylic acids is 1. The number of nitriles is 1. The maximum Gasteiger partial charge on any atom is 0.407 e. The molecule has 1 amide bonds. The van der Waals surface area contributed by atoms with Crippen molar-refractivity contribution >= 4 is 27.7 Å². The van der Waals surface area contributed by atoms with E-state index in [9.17, 15) is 10.1 Å². The number of alkyl carbamates (subject to hydrolysis) is 1. The van der Waals surface area contributed by atoms with Crippen molar-refractivity contribution in [2.45, 2.75) is 38.8 Å². The average molecular weight is 366 g/mol. The van der Waals surface area contributed by atoms with Crippen LogP contribution in [0.4, 0.5) is 10.5 Å². The van der Waals surface area contributed by atoms with Crippen molar-refractivity contribution in [3.8, 4) is 6.07 Å². The Morgan fingerprint density at radius 2 is 2.23 bits per heavy atom. The van der Waals surface area contributed by atoms with Crippen molar-refractivity contribution in [3.63, 3.8) is 0 Å². The summed E-state index contributed by atoms with van der Waals surface area (Å²) in [7, 11) is 0. The van der Waals surface area contributed by atoms with E-state index in [1.165, 1.54) is 0 Å². The van der Waals surface area contributed by atoms with Crippen LogP contribution in [0.2, 0.25) is 0 Å². The molecule has 1 aromatic carbocycles. The van der Waals surface area contributed by atoms with E-state index in [2.05, 4.69) is 32.2 Å². The highest BCUT2D eigenvalue weighted by atomic mass is 79.9. The van der Waals surface area contributed by atoms with Gasteiger partial charge in [0.1, 0.15) is 12.2 Å². The van der Waals surface area contributed by atoms with Gasteiger partial charge in [-0.05, 0) is 39.0 Å². The number of hydrogen-bond acceptors (Lipinski definition) is 4. The molecule has 0 radical (unpaired) electrons. The summed E-state index contributed by atoms with van der Waals surface area (Å²) in [5.74, 6) is 0. The van der Waals surface area contributed by atoms with Crippen LogP contribution >= 0.6 is 15.9 Å². The van der Waals surface area contributed by atoms with Gasteiger partial charge in [0.25, 0.3) is 0 Å². The molecule has 1 fully saturated rings. The summed E-state index contributed by atoms with van der Waals surface area (Å²) in [6.45, 7) is 7.11. The first kappa shape index (κ1) is 16.6. The minimum absolute atomic E-state index is 0.155. The predicted molar refractivity (Wildman–Crippen MR) is 88.8 cm³/mol. The van der Waals surface area contributed by atoms with E-state index >= 15 is 0 Å².